The van der Waals surface area contributed by atoms with Gasteiger partial charge in [0.2, 0.25) is 0 Å². The third kappa shape index (κ3) is 2.28. The third-order valence-corrected chi connectivity index (χ3v) is 3.44. The zero-order chi connectivity index (χ0) is 12.5. The molecule has 2 aliphatic carbocycles. The minimum absolute atomic E-state index is 0.0591. The lowest BCUT2D eigenvalue weighted by Crippen LogP contribution is -2.58. The highest BCUT2D eigenvalue weighted by atomic mass is 16.5. The van der Waals surface area contributed by atoms with Crippen LogP contribution < -0.4 is 5.32 Å². The number of carbonyl (C=O) groups excluding carboxylic acids is 1. The lowest BCUT2D eigenvalue weighted by molar-refractivity contribution is -0.146. The van der Waals surface area contributed by atoms with E-state index in [9.17, 15) is 14.7 Å². The summed E-state index contributed by atoms with van der Waals surface area (Å²) in [6.07, 6.45) is 4.26. The maximum Gasteiger partial charge on any atom is 0.408 e. The summed E-state index contributed by atoms with van der Waals surface area (Å²) in [6.45, 7) is 3.53. The second kappa shape index (κ2) is 4.39. The predicted molar refractivity (Wildman–Crippen MR) is 60.5 cm³/mol. The van der Waals surface area contributed by atoms with Gasteiger partial charge in [-0.2, -0.15) is 0 Å². The van der Waals surface area contributed by atoms with Crippen LogP contribution in [0.1, 0.15) is 25.7 Å². The molecule has 0 radical (unpaired) electrons. The minimum atomic E-state index is -1.10. The van der Waals surface area contributed by atoms with Crippen molar-refractivity contribution in [2.75, 3.05) is 6.61 Å². The number of hydrogen-bond donors (Lipinski definition) is 2. The van der Waals surface area contributed by atoms with Gasteiger partial charge in [0.05, 0.1) is 0 Å². The molecule has 2 aliphatic rings. The fourth-order valence-electron chi connectivity index (χ4n) is 2.36. The first kappa shape index (κ1) is 12.0. The van der Waals surface area contributed by atoms with Crippen molar-refractivity contribution in [3.05, 3.63) is 12.7 Å². The Morgan fingerprint density at radius 1 is 1.35 bits per heavy atom. The van der Waals surface area contributed by atoms with E-state index in [-0.39, 0.29) is 18.4 Å². The minimum Gasteiger partial charge on any atom is -0.479 e. The summed E-state index contributed by atoms with van der Waals surface area (Å²) in [5.74, 6) is -0.814. The number of carbonyl (C=O) groups is 2. The predicted octanol–water partition coefficient (Wildman–Crippen LogP) is 1.54. The first-order chi connectivity index (χ1) is 8.11. The van der Waals surface area contributed by atoms with E-state index in [2.05, 4.69) is 11.9 Å². The smallest absolute Gasteiger partial charge is 0.408 e. The van der Waals surface area contributed by atoms with E-state index in [0.29, 0.717) is 0 Å². The molecule has 2 fully saturated rings. The Morgan fingerprint density at radius 3 is 2.24 bits per heavy atom. The molecule has 0 spiro atoms. The van der Waals surface area contributed by atoms with Crippen molar-refractivity contribution in [1.82, 2.24) is 5.32 Å². The number of hydrogen-bond acceptors (Lipinski definition) is 3. The molecule has 0 aromatic rings. The van der Waals surface area contributed by atoms with Crippen LogP contribution in [-0.2, 0) is 9.53 Å². The summed E-state index contributed by atoms with van der Waals surface area (Å²) in [4.78, 5) is 23.0. The molecule has 17 heavy (non-hydrogen) atoms. The van der Waals surface area contributed by atoms with Crippen LogP contribution in [0, 0.1) is 11.8 Å². The van der Waals surface area contributed by atoms with Gasteiger partial charge >= 0.3 is 12.1 Å². The lowest BCUT2D eigenvalue weighted by atomic mass is 9.87. The Balaban J connectivity index is 2.07. The number of alkyl carbamates (subject to hydrolysis) is 1. The Bertz CT molecular complexity index is 332. The van der Waals surface area contributed by atoms with Crippen molar-refractivity contribution in [1.29, 1.82) is 0 Å². The summed E-state index contributed by atoms with van der Waals surface area (Å²) in [6, 6.07) is 0. The van der Waals surface area contributed by atoms with Gasteiger partial charge in [-0.1, -0.05) is 12.7 Å². The highest BCUT2D eigenvalue weighted by Gasteiger charge is 2.60. The SMILES string of the molecule is C=CCOC(=O)NC(C(=O)O)(C1CC1)C1CC1. The second-order valence-corrected chi connectivity index (χ2v) is 4.73. The molecule has 2 rings (SSSR count). The van der Waals surface area contributed by atoms with E-state index in [0.717, 1.165) is 25.7 Å². The summed E-state index contributed by atoms with van der Waals surface area (Å²) in [7, 11) is 0. The van der Waals surface area contributed by atoms with Gasteiger partial charge in [0, 0.05) is 0 Å². The Labute approximate surface area is 99.8 Å². The summed E-state index contributed by atoms with van der Waals surface area (Å²) in [5, 5.41) is 12.0. The quantitative estimate of drug-likeness (QED) is 0.689. The van der Waals surface area contributed by atoms with Gasteiger partial charge in [-0.25, -0.2) is 9.59 Å². The maximum absolute atomic E-state index is 11.5. The fraction of sp³-hybridized carbons (Fsp3) is 0.667. The first-order valence-electron chi connectivity index (χ1n) is 5.90. The average Bonchev–Trinajstić information content (AvgIpc) is 3.15. The molecule has 5 nitrogen and oxygen atoms in total. The molecule has 2 N–H and O–H groups in total. The van der Waals surface area contributed by atoms with E-state index in [1.165, 1.54) is 6.08 Å². The second-order valence-electron chi connectivity index (χ2n) is 4.73. The van der Waals surface area contributed by atoms with Crippen molar-refractivity contribution < 1.29 is 19.4 Å². The van der Waals surface area contributed by atoms with Crippen LogP contribution in [0.15, 0.2) is 12.7 Å². The first-order valence-corrected chi connectivity index (χ1v) is 5.90. The van der Waals surface area contributed by atoms with Gasteiger partial charge in [-0.05, 0) is 37.5 Å². The van der Waals surface area contributed by atoms with Crippen LogP contribution in [0.2, 0.25) is 0 Å². The Hall–Kier alpha value is -1.52. The zero-order valence-electron chi connectivity index (χ0n) is 9.65. The molecule has 94 valence electrons. The molecule has 0 unspecified atom stereocenters. The molecule has 1 amide bonds. The highest BCUT2D eigenvalue weighted by Crippen LogP contribution is 2.52. The topological polar surface area (TPSA) is 75.6 Å². The van der Waals surface area contributed by atoms with Gasteiger partial charge < -0.3 is 15.2 Å². The van der Waals surface area contributed by atoms with E-state index in [4.69, 9.17) is 4.74 Å². The van der Waals surface area contributed by atoms with E-state index >= 15 is 0 Å². The third-order valence-electron chi connectivity index (χ3n) is 3.44. The van der Waals surface area contributed by atoms with Gasteiger partial charge in [0.15, 0.2) is 0 Å². The van der Waals surface area contributed by atoms with Crippen molar-refractivity contribution in [2.24, 2.45) is 11.8 Å². The van der Waals surface area contributed by atoms with Crippen molar-refractivity contribution in [3.63, 3.8) is 0 Å². The van der Waals surface area contributed by atoms with E-state index < -0.39 is 17.6 Å². The maximum atomic E-state index is 11.5. The molecular formula is C12H17NO4. The fourth-order valence-corrected chi connectivity index (χ4v) is 2.36. The molecule has 0 aromatic carbocycles. The number of nitrogens with one attached hydrogen (secondary N) is 1. The van der Waals surface area contributed by atoms with Gasteiger partial charge in [-0.3, -0.25) is 0 Å². The zero-order valence-corrected chi connectivity index (χ0v) is 9.65. The van der Waals surface area contributed by atoms with Crippen LogP contribution in [0.3, 0.4) is 0 Å². The largest absolute Gasteiger partial charge is 0.479 e. The number of rotatable bonds is 6. The number of aliphatic carboxylic acids is 1. The lowest BCUT2D eigenvalue weighted by Gasteiger charge is -2.30. The summed E-state index contributed by atoms with van der Waals surface area (Å²) in [5.41, 5.74) is -1.10. The Morgan fingerprint density at radius 2 is 1.88 bits per heavy atom. The molecule has 2 saturated carbocycles. The molecule has 0 saturated heterocycles. The summed E-state index contributed by atoms with van der Waals surface area (Å²) < 4.78 is 4.82. The van der Waals surface area contributed by atoms with Crippen molar-refractivity contribution in [2.45, 2.75) is 31.2 Å². The average molecular weight is 239 g/mol. The monoisotopic (exact) mass is 239 g/mol. The Kier molecular flexibility index (Phi) is 3.09. The van der Waals surface area contributed by atoms with Gasteiger partial charge in [0.25, 0.3) is 0 Å². The molecule has 0 bridgehead atoms. The standard InChI is InChI=1S/C12H17NO4/c1-2-7-17-11(16)13-12(10(14)15,8-3-4-8)9-5-6-9/h2,8-9H,1,3-7H2,(H,13,16)(H,14,15). The van der Waals surface area contributed by atoms with E-state index in [1.807, 2.05) is 0 Å². The van der Waals surface area contributed by atoms with Gasteiger partial charge in [0.1, 0.15) is 12.1 Å². The van der Waals surface area contributed by atoms with Crippen LogP contribution in [0.5, 0.6) is 0 Å². The molecule has 0 heterocycles. The molecular weight excluding hydrogens is 222 g/mol. The number of carboxylic acids is 1. The highest BCUT2D eigenvalue weighted by molar-refractivity contribution is 5.86. The van der Waals surface area contributed by atoms with Crippen LogP contribution >= 0.6 is 0 Å². The van der Waals surface area contributed by atoms with Crippen LogP contribution in [-0.4, -0.2) is 29.3 Å². The van der Waals surface area contributed by atoms with Crippen LogP contribution in [0.4, 0.5) is 4.79 Å². The molecule has 0 aromatic heterocycles. The van der Waals surface area contributed by atoms with Gasteiger partial charge in [-0.15, -0.1) is 0 Å². The van der Waals surface area contributed by atoms with Crippen molar-refractivity contribution >= 4 is 12.1 Å². The summed E-state index contributed by atoms with van der Waals surface area (Å²) >= 11 is 0. The molecule has 5 heteroatoms. The number of carboxylic acid groups (broad SMARTS) is 1. The van der Waals surface area contributed by atoms with Crippen LogP contribution in [0.25, 0.3) is 0 Å². The van der Waals surface area contributed by atoms with E-state index in [1.54, 1.807) is 0 Å². The number of ether oxygens (including phenoxy) is 1. The molecule has 0 atom stereocenters. The number of amides is 1. The molecule has 0 aliphatic heterocycles. The normalized spacial score (nSPS) is 19.5. The van der Waals surface area contributed by atoms with Crippen molar-refractivity contribution in [3.8, 4) is 0 Å².